The fourth-order valence-corrected chi connectivity index (χ4v) is 5.48. The van der Waals surface area contributed by atoms with E-state index in [0.29, 0.717) is 30.8 Å². The summed E-state index contributed by atoms with van der Waals surface area (Å²) in [6.07, 6.45) is 3.02. The van der Waals surface area contributed by atoms with Crippen LogP contribution in [0.3, 0.4) is 0 Å². The third-order valence-electron chi connectivity index (χ3n) is 6.15. The molecule has 1 saturated heterocycles. The maximum atomic E-state index is 12.3. The Labute approximate surface area is 205 Å². The van der Waals surface area contributed by atoms with Crippen molar-refractivity contribution in [1.82, 2.24) is 4.90 Å². The molecule has 1 aliphatic rings. The minimum absolute atomic E-state index is 0.161. The molecule has 1 aliphatic heterocycles. The highest BCUT2D eigenvalue weighted by Crippen LogP contribution is 2.31. The van der Waals surface area contributed by atoms with Gasteiger partial charge >= 0.3 is 5.97 Å². The molecular formula is C26H32ClNO4S. The highest BCUT2D eigenvalue weighted by molar-refractivity contribution is 7.99. The van der Waals surface area contributed by atoms with E-state index < -0.39 is 12.1 Å². The van der Waals surface area contributed by atoms with Crippen LogP contribution in [0, 0.1) is 6.92 Å². The van der Waals surface area contributed by atoms with Crippen LogP contribution in [0.25, 0.3) is 11.1 Å². The quantitative estimate of drug-likeness (QED) is 0.373. The lowest BCUT2D eigenvalue weighted by Gasteiger charge is -2.25. The standard InChI is InChI=1S/C26H32ClNO4S/c1-18-16-21(27)7-10-23(18)19-4-2-5-20(17-19)24(29)11-8-22-9-12-25(30)28(22)13-15-33-14-3-6-26(31)32/h2,4-5,7,10,16-17,22,24,29H,3,6,8-9,11-15H2,1H3,(H,31,32)/t22-,24+/m0/s1. The van der Waals surface area contributed by atoms with Gasteiger partial charge in [-0.15, -0.1) is 0 Å². The van der Waals surface area contributed by atoms with Crippen molar-refractivity contribution < 1.29 is 19.8 Å². The highest BCUT2D eigenvalue weighted by atomic mass is 35.5. The summed E-state index contributed by atoms with van der Waals surface area (Å²) in [6, 6.07) is 14.0. The van der Waals surface area contributed by atoms with Crippen molar-refractivity contribution in [2.75, 3.05) is 18.1 Å². The van der Waals surface area contributed by atoms with Crippen LogP contribution in [-0.2, 0) is 9.59 Å². The molecule has 1 amide bonds. The Kier molecular flexibility index (Phi) is 9.65. The van der Waals surface area contributed by atoms with E-state index in [2.05, 4.69) is 0 Å². The first-order valence-electron chi connectivity index (χ1n) is 11.5. The number of aliphatic hydroxyl groups excluding tert-OH is 1. The molecular weight excluding hydrogens is 458 g/mol. The van der Waals surface area contributed by atoms with E-state index in [1.165, 1.54) is 0 Å². The number of likely N-dealkylation sites (tertiary alicyclic amines) is 1. The molecule has 0 aliphatic carbocycles. The third kappa shape index (κ3) is 7.49. The number of amides is 1. The average Bonchev–Trinajstić information content (AvgIpc) is 3.13. The molecule has 0 radical (unpaired) electrons. The van der Waals surface area contributed by atoms with Crippen molar-refractivity contribution in [2.45, 2.75) is 57.6 Å². The smallest absolute Gasteiger partial charge is 0.303 e. The Balaban J connectivity index is 1.52. The number of rotatable bonds is 12. The zero-order chi connectivity index (χ0) is 23.8. The average molecular weight is 490 g/mol. The van der Waals surface area contributed by atoms with E-state index in [1.54, 1.807) is 11.8 Å². The monoisotopic (exact) mass is 489 g/mol. The lowest BCUT2D eigenvalue weighted by Crippen LogP contribution is -2.35. The number of benzene rings is 2. The molecule has 0 spiro atoms. The van der Waals surface area contributed by atoms with Crippen LogP contribution in [0.5, 0.6) is 0 Å². The van der Waals surface area contributed by atoms with Gasteiger partial charge in [-0.2, -0.15) is 11.8 Å². The Morgan fingerprint density at radius 1 is 1.24 bits per heavy atom. The van der Waals surface area contributed by atoms with Crippen LogP contribution in [0.15, 0.2) is 42.5 Å². The van der Waals surface area contributed by atoms with Crippen LogP contribution < -0.4 is 0 Å². The first-order chi connectivity index (χ1) is 15.8. The van der Waals surface area contributed by atoms with Crippen molar-refractivity contribution in [3.05, 3.63) is 58.6 Å². The van der Waals surface area contributed by atoms with E-state index >= 15 is 0 Å². The lowest BCUT2D eigenvalue weighted by molar-refractivity contribution is -0.137. The largest absolute Gasteiger partial charge is 0.481 e. The van der Waals surface area contributed by atoms with Gasteiger partial charge in [0.2, 0.25) is 5.91 Å². The first kappa shape index (κ1) is 25.6. The van der Waals surface area contributed by atoms with Crippen molar-refractivity contribution >= 4 is 35.2 Å². The van der Waals surface area contributed by atoms with Gasteiger partial charge in [0.15, 0.2) is 0 Å². The molecule has 0 saturated carbocycles. The van der Waals surface area contributed by atoms with Crippen LogP contribution >= 0.6 is 23.4 Å². The minimum atomic E-state index is -0.766. The molecule has 0 bridgehead atoms. The highest BCUT2D eigenvalue weighted by Gasteiger charge is 2.30. The fourth-order valence-electron chi connectivity index (χ4n) is 4.37. The number of hydrogen-bond acceptors (Lipinski definition) is 4. The number of carboxylic acid groups (broad SMARTS) is 1. The zero-order valence-electron chi connectivity index (χ0n) is 19.0. The normalized spacial score (nSPS) is 16.9. The topological polar surface area (TPSA) is 77.8 Å². The summed E-state index contributed by atoms with van der Waals surface area (Å²) in [5, 5.41) is 20.3. The molecule has 2 N–H and O–H groups in total. The number of aliphatic hydroxyl groups is 1. The number of halogens is 1. The Hall–Kier alpha value is -2.02. The molecule has 0 aromatic heterocycles. The second kappa shape index (κ2) is 12.4. The molecule has 1 fully saturated rings. The van der Waals surface area contributed by atoms with Crippen molar-refractivity contribution in [1.29, 1.82) is 0 Å². The van der Waals surface area contributed by atoms with Crippen LogP contribution in [0.4, 0.5) is 0 Å². The fraction of sp³-hybridized carbons (Fsp3) is 0.462. The Bertz CT molecular complexity index is 967. The van der Waals surface area contributed by atoms with Gasteiger partial charge in [0.25, 0.3) is 0 Å². The number of hydrogen-bond donors (Lipinski definition) is 2. The Morgan fingerprint density at radius 3 is 2.82 bits per heavy atom. The van der Waals surface area contributed by atoms with Crippen LogP contribution in [0.2, 0.25) is 5.02 Å². The lowest BCUT2D eigenvalue weighted by atomic mass is 9.95. The molecule has 7 heteroatoms. The number of carbonyl (C=O) groups excluding carboxylic acids is 1. The summed E-state index contributed by atoms with van der Waals surface area (Å²) in [6.45, 7) is 2.71. The first-order valence-corrected chi connectivity index (χ1v) is 13.0. The predicted octanol–water partition coefficient (Wildman–Crippen LogP) is 5.72. The number of carboxylic acids is 1. The second-order valence-electron chi connectivity index (χ2n) is 8.57. The minimum Gasteiger partial charge on any atom is -0.481 e. The molecule has 178 valence electrons. The number of aliphatic carboxylic acids is 1. The zero-order valence-corrected chi connectivity index (χ0v) is 20.6. The van der Waals surface area contributed by atoms with Gasteiger partial charge in [0.05, 0.1) is 6.10 Å². The van der Waals surface area contributed by atoms with Crippen LogP contribution in [0.1, 0.15) is 55.8 Å². The number of carbonyl (C=O) groups is 2. The van der Waals surface area contributed by atoms with Gasteiger partial charge in [-0.05, 0) is 78.8 Å². The van der Waals surface area contributed by atoms with E-state index in [0.717, 1.165) is 46.6 Å². The van der Waals surface area contributed by atoms with E-state index in [4.69, 9.17) is 16.7 Å². The van der Waals surface area contributed by atoms with Crippen molar-refractivity contribution in [2.24, 2.45) is 0 Å². The number of aryl methyl sites for hydroxylation is 1. The molecule has 1 heterocycles. The molecule has 3 rings (SSSR count). The van der Waals surface area contributed by atoms with Gasteiger partial charge in [0.1, 0.15) is 0 Å². The van der Waals surface area contributed by atoms with Gasteiger partial charge in [-0.3, -0.25) is 9.59 Å². The number of thioether (sulfide) groups is 1. The third-order valence-corrected chi connectivity index (χ3v) is 7.44. The maximum Gasteiger partial charge on any atom is 0.303 e. The summed E-state index contributed by atoms with van der Waals surface area (Å²) in [5.41, 5.74) is 4.13. The summed E-state index contributed by atoms with van der Waals surface area (Å²) in [7, 11) is 0. The Morgan fingerprint density at radius 2 is 2.06 bits per heavy atom. The number of nitrogens with zero attached hydrogens (tertiary/aromatic N) is 1. The summed E-state index contributed by atoms with van der Waals surface area (Å²) >= 11 is 7.78. The van der Waals surface area contributed by atoms with Gasteiger partial charge in [0, 0.05) is 36.2 Å². The molecule has 0 unspecified atom stereocenters. The van der Waals surface area contributed by atoms with E-state index in [1.807, 2.05) is 54.3 Å². The SMILES string of the molecule is Cc1cc(Cl)ccc1-c1cccc([C@H](O)CC[C@H]2CCC(=O)N2CCSCCCC(=O)O)c1. The van der Waals surface area contributed by atoms with Gasteiger partial charge < -0.3 is 15.1 Å². The molecule has 33 heavy (non-hydrogen) atoms. The summed E-state index contributed by atoms with van der Waals surface area (Å²) in [4.78, 5) is 24.9. The summed E-state index contributed by atoms with van der Waals surface area (Å²) in [5.74, 6) is 1.02. The van der Waals surface area contributed by atoms with Gasteiger partial charge in [-0.1, -0.05) is 35.9 Å². The summed E-state index contributed by atoms with van der Waals surface area (Å²) < 4.78 is 0. The van der Waals surface area contributed by atoms with Gasteiger partial charge in [-0.25, -0.2) is 0 Å². The van der Waals surface area contributed by atoms with E-state index in [9.17, 15) is 14.7 Å². The molecule has 2 aromatic carbocycles. The molecule has 2 atom stereocenters. The van der Waals surface area contributed by atoms with E-state index in [-0.39, 0.29) is 18.4 Å². The maximum absolute atomic E-state index is 12.3. The predicted molar refractivity (Wildman–Crippen MR) is 135 cm³/mol. The van der Waals surface area contributed by atoms with Crippen molar-refractivity contribution in [3.8, 4) is 11.1 Å². The molecule has 5 nitrogen and oxygen atoms in total. The van der Waals surface area contributed by atoms with Crippen molar-refractivity contribution in [3.63, 3.8) is 0 Å². The molecule has 2 aromatic rings. The van der Waals surface area contributed by atoms with Crippen LogP contribution in [-0.4, -0.2) is 51.1 Å². The second-order valence-corrected chi connectivity index (χ2v) is 10.2.